The number of hydrogen-bond donors (Lipinski definition) is 0. The summed E-state index contributed by atoms with van der Waals surface area (Å²) in [5, 5.41) is 5.07. The normalized spacial score (nSPS) is 13.2. The second kappa shape index (κ2) is 10.9. The maximum absolute atomic E-state index is 2.54. The van der Waals surface area contributed by atoms with Crippen molar-refractivity contribution >= 4 is 0 Å². The first kappa shape index (κ1) is 22.0. The quantitative estimate of drug-likeness (QED) is 0.260. The summed E-state index contributed by atoms with van der Waals surface area (Å²) in [6.45, 7) is 6.32. The van der Waals surface area contributed by atoms with E-state index in [2.05, 4.69) is 145 Å². The molecular formula is C30H32N2. The summed E-state index contributed by atoms with van der Waals surface area (Å²) in [5.41, 5.74) is 5.27. The highest BCUT2D eigenvalue weighted by molar-refractivity contribution is 5.23. The summed E-state index contributed by atoms with van der Waals surface area (Å²) in [5.74, 6) is 0. The van der Waals surface area contributed by atoms with E-state index in [9.17, 15) is 0 Å². The molecule has 0 aliphatic heterocycles. The van der Waals surface area contributed by atoms with Gasteiger partial charge in [0.15, 0.2) is 0 Å². The maximum Gasteiger partial charge on any atom is 0.0471 e. The molecule has 2 atom stereocenters. The van der Waals surface area contributed by atoms with Gasteiger partial charge in [0, 0.05) is 25.2 Å². The SMILES string of the molecule is CC(c1ccccc1)N(Cc1ccccc1)N(Cc1ccccc1)C(C)c1ccccc1. The minimum Gasteiger partial charge on any atom is -0.229 e. The summed E-state index contributed by atoms with van der Waals surface area (Å²) >= 11 is 0. The molecule has 4 aromatic carbocycles. The number of hydrazine groups is 1. The summed E-state index contributed by atoms with van der Waals surface area (Å²) in [7, 11) is 0. The molecule has 0 saturated heterocycles. The Morgan fingerprint density at radius 3 is 1.03 bits per heavy atom. The summed E-state index contributed by atoms with van der Waals surface area (Å²) in [6.07, 6.45) is 0. The molecule has 0 amide bonds. The Bertz CT molecular complexity index is 960. The van der Waals surface area contributed by atoms with Crippen molar-refractivity contribution in [1.82, 2.24) is 10.0 Å². The summed E-state index contributed by atoms with van der Waals surface area (Å²) in [6, 6.07) is 43.7. The second-order valence-electron chi connectivity index (χ2n) is 8.34. The molecule has 0 radical (unpaired) electrons. The van der Waals surface area contributed by atoms with Crippen molar-refractivity contribution in [3.8, 4) is 0 Å². The van der Waals surface area contributed by atoms with E-state index in [1.165, 1.54) is 22.3 Å². The Morgan fingerprint density at radius 1 is 0.438 bits per heavy atom. The smallest absolute Gasteiger partial charge is 0.0471 e. The highest BCUT2D eigenvalue weighted by atomic mass is 15.6. The zero-order valence-corrected chi connectivity index (χ0v) is 19.0. The van der Waals surface area contributed by atoms with E-state index in [1.54, 1.807) is 0 Å². The van der Waals surface area contributed by atoms with Gasteiger partial charge in [-0.15, -0.1) is 0 Å². The fraction of sp³-hybridized carbons (Fsp3) is 0.200. The van der Waals surface area contributed by atoms with Crippen molar-refractivity contribution in [1.29, 1.82) is 0 Å². The predicted octanol–water partition coefficient (Wildman–Crippen LogP) is 7.43. The largest absolute Gasteiger partial charge is 0.229 e. The van der Waals surface area contributed by atoms with Crippen LogP contribution in [0.3, 0.4) is 0 Å². The molecule has 2 heteroatoms. The monoisotopic (exact) mass is 420 g/mol. The Balaban J connectivity index is 1.75. The Labute approximate surface area is 192 Å². The van der Waals surface area contributed by atoms with Crippen LogP contribution in [-0.2, 0) is 13.1 Å². The predicted molar refractivity (Wildman–Crippen MR) is 134 cm³/mol. The van der Waals surface area contributed by atoms with Gasteiger partial charge in [-0.3, -0.25) is 0 Å². The summed E-state index contributed by atoms with van der Waals surface area (Å²) < 4.78 is 0. The second-order valence-corrected chi connectivity index (χ2v) is 8.34. The van der Waals surface area contributed by atoms with Crippen LogP contribution in [0, 0.1) is 0 Å². The third-order valence-corrected chi connectivity index (χ3v) is 6.16. The molecule has 0 spiro atoms. The zero-order valence-electron chi connectivity index (χ0n) is 19.0. The lowest BCUT2D eigenvalue weighted by Crippen LogP contribution is -2.44. The maximum atomic E-state index is 2.54. The van der Waals surface area contributed by atoms with Crippen molar-refractivity contribution in [2.45, 2.75) is 39.0 Å². The topological polar surface area (TPSA) is 6.48 Å². The molecule has 0 fully saturated rings. The van der Waals surface area contributed by atoms with Crippen LogP contribution in [0.1, 0.15) is 48.2 Å². The molecule has 0 saturated carbocycles. The molecule has 0 aliphatic rings. The molecule has 32 heavy (non-hydrogen) atoms. The van der Waals surface area contributed by atoms with Crippen molar-refractivity contribution < 1.29 is 0 Å². The van der Waals surface area contributed by atoms with Crippen LogP contribution in [0.4, 0.5) is 0 Å². The van der Waals surface area contributed by atoms with Gasteiger partial charge in [0.2, 0.25) is 0 Å². The lowest BCUT2D eigenvalue weighted by atomic mass is 10.0. The molecule has 162 valence electrons. The van der Waals surface area contributed by atoms with Gasteiger partial charge in [-0.25, -0.2) is 10.0 Å². The van der Waals surface area contributed by atoms with Gasteiger partial charge in [0.1, 0.15) is 0 Å². The Hall–Kier alpha value is -3.20. The lowest BCUT2D eigenvalue weighted by Gasteiger charge is -2.43. The Kier molecular flexibility index (Phi) is 7.50. The van der Waals surface area contributed by atoms with E-state index in [0.717, 1.165) is 13.1 Å². The number of rotatable bonds is 9. The lowest BCUT2D eigenvalue weighted by molar-refractivity contribution is -0.102. The fourth-order valence-electron chi connectivity index (χ4n) is 4.25. The van der Waals surface area contributed by atoms with E-state index in [1.807, 2.05) is 0 Å². The third kappa shape index (κ3) is 5.53. The van der Waals surface area contributed by atoms with Gasteiger partial charge in [-0.05, 0) is 36.1 Å². The van der Waals surface area contributed by atoms with Crippen molar-refractivity contribution in [2.75, 3.05) is 0 Å². The molecule has 0 aliphatic carbocycles. The van der Waals surface area contributed by atoms with Gasteiger partial charge < -0.3 is 0 Å². The highest BCUT2D eigenvalue weighted by Crippen LogP contribution is 2.32. The Morgan fingerprint density at radius 2 is 0.719 bits per heavy atom. The first-order valence-corrected chi connectivity index (χ1v) is 11.4. The van der Waals surface area contributed by atoms with Crippen LogP contribution in [0.2, 0.25) is 0 Å². The van der Waals surface area contributed by atoms with Crippen LogP contribution < -0.4 is 0 Å². The van der Waals surface area contributed by atoms with Gasteiger partial charge in [-0.2, -0.15) is 0 Å². The molecule has 4 aromatic rings. The van der Waals surface area contributed by atoms with E-state index in [4.69, 9.17) is 0 Å². The van der Waals surface area contributed by atoms with Crippen LogP contribution in [0.25, 0.3) is 0 Å². The van der Waals surface area contributed by atoms with Crippen LogP contribution in [0.5, 0.6) is 0 Å². The molecule has 2 unspecified atom stereocenters. The van der Waals surface area contributed by atoms with Crippen molar-refractivity contribution in [3.05, 3.63) is 144 Å². The molecular weight excluding hydrogens is 388 g/mol. The number of hydrogen-bond acceptors (Lipinski definition) is 2. The van der Waals surface area contributed by atoms with Crippen LogP contribution >= 0.6 is 0 Å². The molecule has 0 heterocycles. The fourth-order valence-corrected chi connectivity index (χ4v) is 4.25. The van der Waals surface area contributed by atoms with Gasteiger partial charge in [0.05, 0.1) is 0 Å². The van der Waals surface area contributed by atoms with E-state index >= 15 is 0 Å². The molecule has 0 bridgehead atoms. The average Bonchev–Trinajstić information content (AvgIpc) is 2.87. The van der Waals surface area contributed by atoms with E-state index in [0.29, 0.717) is 0 Å². The minimum atomic E-state index is 0.228. The number of nitrogens with zero attached hydrogens (tertiary/aromatic N) is 2. The van der Waals surface area contributed by atoms with E-state index < -0.39 is 0 Å². The average molecular weight is 421 g/mol. The first-order chi connectivity index (χ1) is 15.7. The van der Waals surface area contributed by atoms with Crippen LogP contribution in [0.15, 0.2) is 121 Å². The highest BCUT2D eigenvalue weighted by Gasteiger charge is 2.28. The summed E-state index contributed by atoms with van der Waals surface area (Å²) in [4.78, 5) is 0. The molecule has 2 nitrogen and oxygen atoms in total. The standard InChI is InChI=1S/C30H32N2/c1-25(29-19-11-5-12-20-29)31(23-27-15-7-3-8-16-27)32(24-28-17-9-4-10-18-28)26(2)30-21-13-6-14-22-30/h3-22,25-26H,23-24H2,1-2H3. The number of benzene rings is 4. The van der Waals surface area contributed by atoms with E-state index in [-0.39, 0.29) is 12.1 Å². The zero-order chi connectivity index (χ0) is 22.2. The first-order valence-electron chi connectivity index (χ1n) is 11.4. The van der Waals surface area contributed by atoms with Crippen molar-refractivity contribution in [3.63, 3.8) is 0 Å². The van der Waals surface area contributed by atoms with Gasteiger partial charge >= 0.3 is 0 Å². The molecule has 0 aromatic heterocycles. The van der Waals surface area contributed by atoms with Crippen LogP contribution in [-0.4, -0.2) is 10.0 Å². The van der Waals surface area contributed by atoms with Gasteiger partial charge in [0.25, 0.3) is 0 Å². The molecule has 4 rings (SSSR count). The molecule has 0 N–H and O–H groups in total. The van der Waals surface area contributed by atoms with Crippen molar-refractivity contribution in [2.24, 2.45) is 0 Å². The van der Waals surface area contributed by atoms with Gasteiger partial charge in [-0.1, -0.05) is 121 Å². The minimum absolute atomic E-state index is 0.228. The third-order valence-electron chi connectivity index (χ3n) is 6.16.